The van der Waals surface area contributed by atoms with Crippen LogP contribution in [0.5, 0.6) is 0 Å². The molecule has 0 unspecified atom stereocenters. The van der Waals surface area contributed by atoms with E-state index in [9.17, 15) is 14.4 Å². The van der Waals surface area contributed by atoms with Gasteiger partial charge in [0.05, 0.1) is 0 Å². The van der Waals surface area contributed by atoms with E-state index in [0.29, 0.717) is 25.4 Å². The van der Waals surface area contributed by atoms with E-state index < -0.39 is 6.04 Å². The lowest BCUT2D eigenvalue weighted by molar-refractivity contribution is -0.129. The Morgan fingerprint density at radius 3 is 2.26 bits per heavy atom. The summed E-state index contributed by atoms with van der Waals surface area (Å²) in [5.41, 5.74) is 0. The van der Waals surface area contributed by atoms with Crippen molar-refractivity contribution in [3.63, 3.8) is 0 Å². The average Bonchev–Trinajstić information content (AvgIpc) is 3.36. The van der Waals surface area contributed by atoms with Gasteiger partial charge in [-0.25, -0.2) is 0 Å². The number of amides is 3. The molecule has 2 fully saturated rings. The van der Waals surface area contributed by atoms with Gasteiger partial charge in [-0.2, -0.15) is 0 Å². The van der Waals surface area contributed by atoms with Crippen molar-refractivity contribution >= 4 is 17.7 Å². The second-order valence-electron chi connectivity index (χ2n) is 6.85. The molecule has 0 bridgehead atoms. The van der Waals surface area contributed by atoms with Gasteiger partial charge in [-0.1, -0.05) is 19.3 Å². The standard InChI is InChI=1S/C17H29N3O3/c1-12(20-15(21)11-13-5-3-2-4-6-13)16(22)18-9-10-19-17(23)14-7-8-14/h12-14H,2-11H2,1H3,(H,18,22)(H,19,23)(H,20,21)/t12-/m1/s1. The summed E-state index contributed by atoms with van der Waals surface area (Å²) in [5, 5.41) is 8.30. The van der Waals surface area contributed by atoms with Gasteiger partial charge in [-0.05, 0) is 38.5 Å². The summed E-state index contributed by atoms with van der Waals surface area (Å²) in [5.74, 6) is 0.484. The van der Waals surface area contributed by atoms with Crippen molar-refractivity contribution < 1.29 is 14.4 Å². The van der Waals surface area contributed by atoms with Crippen LogP contribution in [0.3, 0.4) is 0 Å². The first-order valence-corrected chi connectivity index (χ1v) is 8.91. The molecular weight excluding hydrogens is 294 g/mol. The highest BCUT2D eigenvalue weighted by Crippen LogP contribution is 2.28. The molecule has 23 heavy (non-hydrogen) atoms. The Morgan fingerprint density at radius 1 is 0.957 bits per heavy atom. The Hall–Kier alpha value is -1.59. The Balaban J connectivity index is 1.55. The third-order valence-electron chi connectivity index (χ3n) is 4.64. The summed E-state index contributed by atoms with van der Waals surface area (Å²) in [6.45, 7) is 2.51. The van der Waals surface area contributed by atoms with Crippen molar-refractivity contribution in [2.45, 2.75) is 64.3 Å². The highest BCUT2D eigenvalue weighted by Gasteiger charge is 2.29. The smallest absolute Gasteiger partial charge is 0.242 e. The van der Waals surface area contributed by atoms with Crippen LogP contribution in [0.15, 0.2) is 0 Å². The molecule has 2 aliphatic rings. The molecule has 0 aromatic heterocycles. The molecule has 6 nitrogen and oxygen atoms in total. The normalized spacial score (nSPS) is 19.7. The summed E-state index contributed by atoms with van der Waals surface area (Å²) >= 11 is 0. The third kappa shape index (κ3) is 6.59. The van der Waals surface area contributed by atoms with E-state index in [1.165, 1.54) is 19.3 Å². The summed E-state index contributed by atoms with van der Waals surface area (Å²) in [6.07, 6.45) is 8.40. The first-order chi connectivity index (χ1) is 11.1. The van der Waals surface area contributed by atoms with Gasteiger partial charge in [-0.3, -0.25) is 14.4 Å². The molecule has 0 saturated heterocycles. The van der Waals surface area contributed by atoms with Crippen LogP contribution in [0.4, 0.5) is 0 Å². The van der Waals surface area contributed by atoms with Crippen LogP contribution < -0.4 is 16.0 Å². The maximum atomic E-state index is 12.0. The highest BCUT2D eigenvalue weighted by atomic mass is 16.2. The molecular formula is C17H29N3O3. The molecule has 2 aliphatic carbocycles. The summed E-state index contributed by atoms with van der Waals surface area (Å²) in [7, 11) is 0. The minimum Gasteiger partial charge on any atom is -0.354 e. The van der Waals surface area contributed by atoms with E-state index in [4.69, 9.17) is 0 Å². The van der Waals surface area contributed by atoms with E-state index >= 15 is 0 Å². The fourth-order valence-electron chi connectivity index (χ4n) is 3.03. The second-order valence-corrected chi connectivity index (χ2v) is 6.85. The number of hydrogen-bond donors (Lipinski definition) is 3. The maximum Gasteiger partial charge on any atom is 0.242 e. The van der Waals surface area contributed by atoms with E-state index in [1.54, 1.807) is 6.92 Å². The molecule has 2 rings (SSSR count). The van der Waals surface area contributed by atoms with E-state index in [0.717, 1.165) is 25.7 Å². The van der Waals surface area contributed by atoms with Gasteiger partial charge in [0.2, 0.25) is 17.7 Å². The molecule has 0 spiro atoms. The molecule has 0 radical (unpaired) electrons. The van der Waals surface area contributed by atoms with Crippen LogP contribution in [0.1, 0.15) is 58.3 Å². The van der Waals surface area contributed by atoms with Crippen LogP contribution in [0, 0.1) is 11.8 Å². The van der Waals surface area contributed by atoms with Crippen LogP contribution in [-0.2, 0) is 14.4 Å². The topological polar surface area (TPSA) is 87.3 Å². The summed E-state index contributed by atoms with van der Waals surface area (Å²) in [6, 6.07) is -0.537. The fraction of sp³-hybridized carbons (Fsp3) is 0.824. The third-order valence-corrected chi connectivity index (χ3v) is 4.64. The Kier molecular flexibility index (Phi) is 6.86. The molecule has 0 aromatic rings. The number of carbonyl (C=O) groups excluding carboxylic acids is 3. The molecule has 130 valence electrons. The van der Waals surface area contributed by atoms with Crippen LogP contribution >= 0.6 is 0 Å². The second kappa shape index (κ2) is 8.89. The van der Waals surface area contributed by atoms with E-state index in [-0.39, 0.29) is 23.6 Å². The van der Waals surface area contributed by atoms with Crippen molar-refractivity contribution in [2.75, 3.05) is 13.1 Å². The predicted molar refractivity (Wildman–Crippen MR) is 87.5 cm³/mol. The zero-order valence-electron chi connectivity index (χ0n) is 14.0. The SMILES string of the molecule is C[C@@H](NC(=O)CC1CCCCC1)C(=O)NCCNC(=O)C1CC1. The van der Waals surface area contributed by atoms with Crippen molar-refractivity contribution in [2.24, 2.45) is 11.8 Å². The van der Waals surface area contributed by atoms with Crippen LogP contribution in [-0.4, -0.2) is 36.9 Å². The summed E-state index contributed by atoms with van der Waals surface area (Å²) in [4.78, 5) is 35.3. The number of carbonyl (C=O) groups is 3. The van der Waals surface area contributed by atoms with Gasteiger partial charge >= 0.3 is 0 Å². The number of hydrogen-bond acceptors (Lipinski definition) is 3. The monoisotopic (exact) mass is 323 g/mol. The lowest BCUT2D eigenvalue weighted by Gasteiger charge is -2.22. The largest absolute Gasteiger partial charge is 0.354 e. The minimum absolute atomic E-state index is 0.0402. The molecule has 6 heteroatoms. The molecule has 0 aromatic carbocycles. The molecule has 3 N–H and O–H groups in total. The number of rotatable bonds is 8. The predicted octanol–water partition coefficient (Wildman–Crippen LogP) is 1.10. The fourth-order valence-corrected chi connectivity index (χ4v) is 3.03. The molecule has 3 amide bonds. The van der Waals surface area contributed by atoms with Gasteiger partial charge in [0, 0.05) is 25.4 Å². The molecule has 1 atom stereocenters. The van der Waals surface area contributed by atoms with Gasteiger partial charge < -0.3 is 16.0 Å². The first-order valence-electron chi connectivity index (χ1n) is 8.91. The van der Waals surface area contributed by atoms with Crippen molar-refractivity contribution in [1.29, 1.82) is 0 Å². The van der Waals surface area contributed by atoms with Crippen molar-refractivity contribution in [3.8, 4) is 0 Å². The summed E-state index contributed by atoms with van der Waals surface area (Å²) < 4.78 is 0. The van der Waals surface area contributed by atoms with Crippen molar-refractivity contribution in [1.82, 2.24) is 16.0 Å². The Bertz CT molecular complexity index is 429. The minimum atomic E-state index is -0.537. The molecule has 2 saturated carbocycles. The zero-order chi connectivity index (χ0) is 16.7. The van der Waals surface area contributed by atoms with Crippen molar-refractivity contribution in [3.05, 3.63) is 0 Å². The Morgan fingerprint density at radius 2 is 1.61 bits per heavy atom. The number of nitrogens with one attached hydrogen (secondary N) is 3. The Labute approximate surface area is 138 Å². The van der Waals surface area contributed by atoms with Gasteiger partial charge in [-0.15, -0.1) is 0 Å². The van der Waals surface area contributed by atoms with Gasteiger partial charge in [0.15, 0.2) is 0 Å². The van der Waals surface area contributed by atoms with Gasteiger partial charge in [0.1, 0.15) is 6.04 Å². The quantitative estimate of drug-likeness (QED) is 0.585. The molecule has 0 heterocycles. The zero-order valence-corrected chi connectivity index (χ0v) is 14.0. The van der Waals surface area contributed by atoms with E-state index in [1.807, 2.05) is 0 Å². The van der Waals surface area contributed by atoms with Crippen LogP contribution in [0.25, 0.3) is 0 Å². The first kappa shape index (κ1) is 17.8. The highest BCUT2D eigenvalue weighted by molar-refractivity contribution is 5.87. The van der Waals surface area contributed by atoms with Gasteiger partial charge in [0.25, 0.3) is 0 Å². The lowest BCUT2D eigenvalue weighted by Crippen LogP contribution is -2.47. The average molecular weight is 323 g/mol. The van der Waals surface area contributed by atoms with Crippen LogP contribution in [0.2, 0.25) is 0 Å². The van der Waals surface area contributed by atoms with E-state index in [2.05, 4.69) is 16.0 Å². The lowest BCUT2D eigenvalue weighted by atomic mass is 9.87. The molecule has 0 aliphatic heterocycles. The maximum absolute atomic E-state index is 12.0.